The number of carbonyl (C=O) groups excluding carboxylic acids is 1. The Labute approximate surface area is 158 Å². The number of halogens is 1. The lowest BCUT2D eigenvalue weighted by atomic mass is 10.0. The normalized spacial score (nSPS) is 10.7. The fraction of sp³-hybridized carbons (Fsp3) is 0.0870. The van der Waals surface area contributed by atoms with Crippen molar-refractivity contribution < 1.29 is 13.9 Å². The summed E-state index contributed by atoms with van der Waals surface area (Å²) in [6.07, 6.45) is 3.26. The topological polar surface area (TPSA) is 38.3 Å². The minimum Gasteiger partial charge on any atom is -0.492 e. The van der Waals surface area contributed by atoms with Gasteiger partial charge in [-0.25, -0.2) is 4.39 Å². The van der Waals surface area contributed by atoms with Gasteiger partial charge in [-0.2, -0.15) is 0 Å². The van der Waals surface area contributed by atoms with E-state index >= 15 is 0 Å². The molecule has 136 valence electrons. The molecule has 1 N–H and O–H groups in total. The first-order valence-corrected chi connectivity index (χ1v) is 8.70. The van der Waals surface area contributed by atoms with Gasteiger partial charge < -0.3 is 10.1 Å². The average Bonchev–Trinajstić information content (AvgIpc) is 2.72. The summed E-state index contributed by atoms with van der Waals surface area (Å²) >= 11 is 0. The Balaban J connectivity index is 1.43. The molecule has 0 aromatic heterocycles. The van der Waals surface area contributed by atoms with Crippen molar-refractivity contribution >= 4 is 12.0 Å². The molecule has 0 atom stereocenters. The number of amides is 1. The number of hydrogen-bond donors (Lipinski definition) is 1. The fourth-order valence-corrected chi connectivity index (χ4v) is 2.52. The standard InChI is InChI=1S/C23H20FNO2/c24-21-11-13-22(14-12-21)27-17-16-25-23(26)15-8-18-6-9-20(10-7-18)19-4-2-1-3-5-19/h1-15H,16-17H2,(H,25,26). The third-order valence-corrected chi connectivity index (χ3v) is 3.93. The van der Waals surface area contributed by atoms with E-state index in [4.69, 9.17) is 4.74 Å². The molecule has 0 unspecified atom stereocenters. The number of benzene rings is 3. The number of rotatable bonds is 7. The van der Waals surface area contributed by atoms with Crippen LogP contribution in [0.1, 0.15) is 5.56 Å². The Kier molecular flexibility index (Phi) is 6.36. The molecule has 3 aromatic rings. The van der Waals surface area contributed by atoms with Crippen LogP contribution in [0.2, 0.25) is 0 Å². The van der Waals surface area contributed by atoms with Gasteiger partial charge in [-0.05, 0) is 47.0 Å². The smallest absolute Gasteiger partial charge is 0.244 e. The van der Waals surface area contributed by atoms with Crippen molar-refractivity contribution in [2.45, 2.75) is 0 Å². The van der Waals surface area contributed by atoms with E-state index < -0.39 is 0 Å². The number of nitrogens with one attached hydrogen (secondary N) is 1. The minimum absolute atomic E-state index is 0.190. The number of carbonyl (C=O) groups is 1. The number of hydrogen-bond acceptors (Lipinski definition) is 2. The van der Waals surface area contributed by atoms with Crippen LogP contribution in [0.4, 0.5) is 4.39 Å². The summed E-state index contributed by atoms with van der Waals surface area (Å²) in [7, 11) is 0. The molecule has 4 heteroatoms. The molecule has 0 bridgehead atoms. The summed E-state index contributed by atoms with van der Waals surface area (Å²) in [4.78, 5) is 11.9. The van der Waals surface area contributed by atoms with E-state index in [0.29, 0.717) is 18.9 Å². The maximum absolute atomic E-state index is 12.8. The molecule has 0 spiro atoms. The molecule has 0 heterocycles. The van der Waals surface area contributed by atoms with Crippen LogP contribution in [0.3, 0.4) is 0 Å². The highest BCUT2D eigenvalue weighted by Gasteiger charge is 1.99. The zero-order chi connectivity index (χ0) is 18.9. The second-order valence-electron chi connectivity index (χ2n) is 5.91. The van der Waals surface area contributed by atoms with E-state index in [9.17, 15) is 9.18 Å². The van der Waals surface area contributed by atoms with E-state index in [2.05, 4.69) is 17.4 Å². The first kappa shape index (κ1) is 18.4. The number of ether oxygens (including phenoxy) is 1. The molecule has 3 rings (SSSR count). The van der Waals surface area contributed by atoms with Crippen LogP contribution in [-0.4, -0.2) is 19.1 Å². The van der Waals surface area contributed by atoms with Crippen LogP contribution >= 0.6 is 0 Å². The predicted molar refractivity (Wildman–Crippen MR) is 106 cm³/mol. The van der Waals surface area contributed by atoms with Crippen molar-refractivity contribution in [1.82, 2.24) is 5.32 Å². The van der Waals surface area contributed by atoms with Gasteiger partial charge in [0.1, 0.15) is 18.2 Å². The van der Waals surface area contributed by atoms with E-state index in [1.165, 1.54) is 18.2 Å². The van der Waals surface area contributed by atoms with Crippen molar-refractivity contribution in [3.8, 4) is 16.9 Å². The Morgan fingerprint density at radius 1 is 0.889 bits per heavy atom. The van der Waals surface area contributed by atoms with Gasteiger partial charge in [-0.3, -0.25) is 4.79 Å². The third kappa shape index (κ3) is 5.82. The summed E-state index contributed by atoms with van der Waals surface area (Å²) in [6, 6.07) is 23.9. The Hall–Kier alpha value is -3.40. The summed E-state index contributed by atoms with van der Waals surface area (Å²) in [5.41, 5.74) is 3.24. The highest BCUT2D eigenvalue weighted by atomic mass is 19.1. The van der Waals surface area contributed by atoms with Crippen LogP contribution < -0.4 is 10.1 Å². The van der Waals surface area contributed by atoms with Crippen molar-refractivity contribution in [2.24, 2.45) is 0 Å². The molecular weight excluding hydrogens is 341 g/mol. The molecule has 0 aliphatic carbocycles. The van der Waals surface area contributed by atoms with Crippen molar-refractivity contribution in [1.29, 1.82) is 0 Å². The lowest BCUT2D eigenvalue weighted by Gasteiger charge is -2.06. The summed E-state index contributed by atoms with van der Waals surface area (Å²) in [6.45, 7) is 0.685. The van der Waals surface area contributed by atoms with Gasteiger partial charge >= 0.3 is 0 Å². The first-order valence-electron chi connectivity index (χ1n) is 8.70. The maximum atomic E-state index is 12.8. The fourth-order valence-electron chi connectivity index (χ4n) is 2.52. The third-order valence-electron chi connectivity index (χ3n) is 3.93. The highest BCUT2D eigenvalue weighted by molar-refractivity contribution is 5.91. The van der Waals surface area contributed by atoms with Gasteiger partial charge in [0, 0.05) is 6.08 Å². The molecular formula is C23H20FNO2. The Morgan fingerprint density at radius 3 is 2.26 bits per heavy atom. The van der Waals surface area contributed by atoms with E-state index in [1.54, 1.807) is 18.2 Å². The van der Waals surface area contributed by atoms with Crippen LogP contribution in [0.25, 0.3) is 17.2 Å². The molecule has 0 saturated heterocycles. The SMILES string of the molecule is O=C(C=Cc1ccc(-c2ccccc2)cc1)NCCOc1ccc(F)cc1. The highest BCUT2D eigenvalue weighted by Crippen LogP contribution is 2.19. The minimum atomic E-state index is -0.308. The summed E-state index contributed by atoms with van der Waals surface area (Å²) in [5.74, 6) is 0.0714. The van der Waals surface area contributed by atoms with E-state index in [1.807, 2.05) is 42.5 Å². The van der Waals surface area contributed by atoms with Gasteiger partial charge in [-0.1, -0.05) is 54.6 Å². The van der Waals surface area contributed by atoms with Crippen LogP contribution in [0.5, 0.6) is 5.75 Å². The molecule has 1 amide bonds. The molecule has 0 fully saturated rings. The van der Waals surface area contributed by atoms with E-state index in [0.717, 1.165) is 16.7 Å². The van der Waals surface area contributed by atoms with Gasteiger partial charge in [0.25, 0.3) is 0 Å². The summed E-state index contributed by atoms with van der Waals surface area (Å²) in [5, 5.41) is 2.75. The van der Waals surface area contributed by atoms with Crippen molar-refractivity contribution in [2.75, 3.05) is 13.2 Å². The van der Waals surface area contributed by atoms with Gasteiger partial charge in [0.05, 0.1) is 6.54 Å². The Morgan fingerprint density at radius 2 is 1.56 bits per heavy atom. The Bertz CT molecular complexity index is 888. The van der Waals surface area contributed by atoms with Gasteiger partial charge in [-0.15, -0.1) is 0 Å². The quantitative estimate of drug-likeness (QED) is 0.489. The zero-order valence-corrected chi connectivity index (χ0v) is 14.8. The maximum Gasteiger partial charge on any atom is 0.244 e. The van der Waals surface area contributed by atoms with Crippen LogP contribution in [0.15, 0.2) is 84.9 Å². The van der Waals surface area contributed by atoms with Crippen LogP contribution in [-0.2, 0) is 4.79 Å². The van der Waals surface area contributed by atoms with Gasteiger partial charge in [0.15, 0.2) is 0 Å². The molecule has 0 aliphatic rings. The second-order valence-corrected chi connectivity index (χ2v) is 5.91. The van der Waals surface area contributed by atoms with Gasteiger partial charge in [0.2, 0.25) is 5.91 Å². The largest absolute Gasteiger partial charge is 0.492 e. The molecule has 0 aliphatic heterocycles. The van der Waals surface area contributed by atoms with Crippen molar-refractivity contribution in [3.05, 3.63) is 96.3 Å². The monoisotopic (exact) mass is 361 g/mol. The lowest BCUT2D eigenvalue weighted by molar-refractivity contribution is -0.116. The van der Waals surface area contributed by atoms with Crippen LogP contribution in [0, 0.1) is 5.82 Å². The van der Waals surface area contributed by atoms with E-state index in [-0.39, 0.29) is 11.7 Å². The first-order chi connectivity index (χ1) is 13.2. The molecule has 3 nitrogen and oxygen atoms in total. The molecule has 27 heavy (non-hydrogen) atoms. The van der Waals surface area contributed by atoms with Crippen molar-refractivity contribution in [3.63, 3.8) is 0 Å². The molecule has 0 radical (unpaired) electrons. The predicted octanol–water partition coefficient (Wildman–Crippen LogP) is 4.70. The summed E-state index contributed by atoms with van der Waals surface area (Å²) < 4.78 is 18.2. The second kappa shape index (κ2) is 9.34. The zero-order valence-electron chi connectivity index (χ0n) is 14.8. The average molecular weight is 361 g/mol. The molecule has 3 aromatic carbocycles. The molecule has 0 saturated carbocycles. The lowest BCUT2D eigenvalue weighted by Crippen LogP contribution is -2.26.